The molecule has 0 aromatic rings. The molecule has 1 aliphatic rings. The van der Waals surface area contributed by atoms with Crippen LogP contribution < -0.4 is 10.6 Å². The molecule has 1 unspecified atom stereocenters. The molecule has 1 aliphatic heterocycles. The molecule has 0 spiro atoms. The number of carbonyl (C=O) groups excluding carboxylic acids is 2. The van der Waals surface area contributed by atoms with Gasteiger partial charge in [-0.3, -0.25) is 10.1 Å². The Morgan fingerprint density at radius 1 is 1.18 bits per heavy atom. The van der Waals surface area contributed by atoms with Crippen molar-refractivity contribution in [2.24, 2.45) is 0 Å². The average molecular weight is 262 g/mol. The number of amides is 3. The van der Waals surface area contributed by atoms with Gasteiger partial charge in [-0.2, -0.15) is 0 Å². The van der Waals surface area contributed by atoms with Crippen molar-refractivity contribution in [3.05, 3.63) is 0 Å². The molecule has 17 heavy (non-hydrogen) atoms. The van der Waals surface area contributed by atoms with Crippen LogP contribution in [0.5, 0.6) is 0 Å². The van der Waals surface area contributed by atoms with E-state index in [2.05, 4.69) is 10.6 Å². The lowest BCUT2D eigenvalue weighted by molar-refractivity contribution is -0.120. The summed E-state index contributed by atoms with van der Waals surface area (Å²) < 4.78 is 15.8. The van der Waals surface area contributed by atoms with Crippen molar-refractivity contribution < 1.29 is 22.9 Å². The summed E-state index contributed by atoms with van der Waals surface area (Å²) >= 11 is 0. The number of rotatable bonds is 7. The second-order valence-corrected chi connectivity index (χ2v) is 6.79. The second kappa shape index (κ2) is 6.10. The Balaban J connectivity index is 2.36. The lowest BCUT2D eigenvalue weighted by atomic mass is 10.2. The van der Waals surface area contributed by atoms with Gasteiger partial charge in [0.2, 0.25) is 0 Å². The fourth-order valence-electron chi connectivity index (χ4n) is 1.74. The van der Waals surface area contributed by atoms with E-state index < -0.39 is 20.9 Å². The summed E-state index contributed by atoms with van der Waals surface area (Å²) in [7, 11) is 2.06. The molecule has 0 saturated carbocycles. The van der Waals surface area contributed by atoms with Crippen LogP contribution in [-0.2, 0) is 18.1 Å². The second-order valence-electron chi connectivity index (χ2n) is 3.70. The third-order valence-electron chi connectivity index (χ3n) is 2.77. The third kappa shape index (κ3) is 3.50. The van der Waals surface area contributed by atoms with E-state index in [0.717, 1.165) is 0 Å². The van der Waals surface area contributed by atoms with Crippen molar-refractivity contribution in [3.8, 4) is 0 Å². The van der Waals surface area contributed by atoms with Crippen molar-refractivity contribution in [3.63, 3.8) is 0 Å². The number of hydrogen-bond acceptors (Lipinski definition) is 5. The van der Waals surface area contributed by atoms with Crippen LogP contribution in [-0.4, -0.2) is 48.1 Å². The lowest BCUT2D eigenvalue weighted by Gasteiger charge is -2.24. The number of nitrogens with one attached hydrogen (secondary N) is 2. The molecule has 0 radical (unpaired) electrons. The van der Waals surface area contributed by atoms with Crippen LogP contribution in [0, 0.1) is 0 Å². The summed E-state index contributed by atoms with van der Waals surface area (Å²) in [5, 5.41) is 4.72. The van der Waals surface area contributed by atoms with Gasteiger partial charge in [0.15, 0.2) is 0 Å². The zero-order chi connectivity index (χ0) is 12.9. The molecule has 0 aromatic heterocycles. The van der Waals surface area contributed by atoms with E-state index >= 15 is 0 Å². The Kier molecular flexibility index (Phi) is 5.06. The first-order valence-corrected chi connectivity index (χ1v) is 7.27. The maximum absolute atomic E-state index is 11.3. The van der Waals surface area contributed by atoms with Gasteiger partial charge in [-0.15, -0.1) is 0 Å². The lowest BCUT2D eigenvalue weighted by Crippen LogP contribution is -2.43. The van der Waals surface area contributed by atoms with Gasteiger partial charge in [0.05, 0.1) is 0 Å². The Morgan fingerprint density at radius 3 is 2.18 bits per heavy atom. The smallest absolute Gasteiger partial charge is 0.377 e. The molecule has 3 amide bonds. The van der Waals surface area contributed by atoms with Crippen LogP contribution in [0.4, 0.5) is 4.79 Å². The van der Waals surface area contributed by atoms with E-state index in [1.165, 1.54) is 0 Å². The van der Waals surface area contributed by atoms with Crippen LogP contribution in [0.1, 0.15) is 12.8 Å². The molecular weight excluding hydrogens is 244 g/mol. The van der Waals surface area contributed by atoms with Crippen LogP contribution in [0.15, 0.2) is 0 Å². The van der Waals surface area contributed by atoms with Gasteiger partial charge in [0, 0.05) is 27.4 Å². The van der Waals surface area contributed by atoms with E-state index in [0.29, 0.717) is 18.9 Å². The zero-order valence-corrected chi connectivity index (χ0v) is 11.2. The zero-order valence-electron chi connectivity index (χ0n) is 10.2. The molecule has 8 heteroatoms. The molecule has 98 valence electrons. The van der Waals surface area contributed by atoms with Gasteiger partial charge in [-0.05, 0) is 12.8 Å². The topological polar surface area (TPSA) is 85.9 Å². The van der Waals surface area contributed by atoms with Crippen molar-refractivity contribution in [1.82, 2.24) is 10.6 Å². The fraction of sp³-hybridized carbons (Fsp3) is 0.778. The molecule has 1 rings (SSSR count). The van der Waals surface area contributed by atoms with Gasteiger partial charge < -0.3 is 18.6 Å². The first kappa shape index (κ1) is 14.1. The summed E-state index contributed by atoms with van der Waals surface area (Å²) in [6.07, 6.45) is 1.22. The Labute approximate surface area is 101 Å². The van der Waals surface area contributed by atoms with Crippen LogP contribution in [0.3, 0.4) is 0 Å². The molecule has 2 N–H and O–H groups in total. The number of hydrogen-bond donors (Lipinski definition) is 2. The SMILES string of the molecule is CO[Si](CCCC1NC(=O)NC1=O)(OC)OC. The molecular formula is C9H18N2O5Si. The normalized spacial score (nSPS) is 20.3. The Bertz CT molecular complexity index is 287. The van der Waals surface area contributed by atoms with E-state index in [4.69, 9.17) is 13.3 Å². The molecule has 1 heterocycles. The number of imide groups is 1. The highest BCUT2D eigenvalue weighted by molar-refractivity contribution is 6.60. The summed E-state index contributed by atoms with van der Waals surface area (Å²) in [6, 6.07) is -0.288. The Morgan fingerprint density at radius 2 is 1.76 bits per heavy atom. The first-order chi connectivity index (χ1) is 8.06. The standard InChI is InChI=1S/C9H18N2O5Si/c1-14-17(15-2,16-3)6-4-5-7-8(12)11-9(13)10-7/h7H,4-6H2,1-3H3,(H2,10,11,12,13). The monoisotopic (exact) mass is 262 g/mol. The molecule has 1 fully saturated rings. The van der Waals surface area contributed by atoms with E-state index in [1.54, 1.807) is 21.3 Å². The molecule has 1 saturated heterocycles. The van der Waals surface area contributed by atoms with E-state index in [1.807, 2.05) is 0 Å². The summed E-state index contributed by atoms with van der Waals surface area (Å²) in [5.41, 5.74) is 0. The third-order valence-corrected chi connectivity index (χ3v) is 5.60. The minimum Gasteiger partial charge on any atom is -0.377 e. The van der Waals surface area contributed by atoms with E-state index in [-0.39, 0.29) is 5.91 Å². The minimum absolute atomic E-state index is 0.283. The van der Waals surface area contributed by atoms with Crippen molar-refractivity contribution in [1.29, 1.82) is 0 Å². The summed E-state index contributed by atoms with van der Waals surface area (Å²) in [4.78, 5) is 22.2. The van der Waals surface area contributed by atoms with Gasteiger partial charge in [-0.1, -0.05) is 0 Å². The predicted octanol–water partition coefficient (Wildman–Crippen LogP) is -0.147. The predicted molar refractivity (Wildman–Crippen MR) is 61.3 cm³/mol. The molecule has 7 nitrogen and oxygen atoms in total. The Hall–Kier alpha value is -0.963. The van der Waals surface area contributed by atoms with E-state index in [9.17, 15) is 9.59 Å². The highest BCUT2D eigenvalue weighted by atomic mass is 28.4. The maximum atomic E-state index is 11.3. The molecule has 0 aromatic carbocycles. The minimum atomic E-state index is -2.57. The number of carbonyl (C=O) groups is 2. The summed E-state index contributed by atoms with van der Waals surface area (Å²) in [6.45, 7) is 0. The van der Waals surface area contributed by atoms with Crippen LogP contribution in [0.25, 0.3) is 0 Å². The molecule has 1 atom stereocenters. The molecule has 0 bridgehead atoms. The highest BCUT2D eigenvalue weighted by Crippen LogP contribution is 2.17. The fourth-order valence-corrected chi connectivity index (χ4v) is 3.49. The van der Waals surface area contributed by atoms with Crippen molar-refractivity contribution in [2.75, 3.05) is 21.3 Å². The van der Waals surface area contributed by atoms with Crippen molar-refractivity contribution >= 4 is 20.7 Å². The highest BCUT2D eigenvalue weighted by Gasteiger charge is 2.38. The summed E-state index contributed by atoms with van der Waals surface area (Å²) in [5.74, 6) is -0.283. The number of urea groups is 1. The van der Waals surface area contributed by atoms with Gasteiger partial charge >= 0.3 is 14.8 Å². The first-order valence-electron chi connectivity index (χ1n) is 5.33. The van der Waals surface area contributed by atoms with Crippen LogP contribution in [0.2, 0.25) is 6.04 Å². The van der Waals surface area contributed by atoms with Gasteiger partial charge in [-0.25, -0.2) is 4.79 Å². The maximum Gasteiger partial charge on any atom is 0.500 e. The van der Waals surface area contributed by atoms with Crippen LogP contribution >= 0.6 is 0 Å². The quantitative estimate of drug-likeness (QED) is 0.492. The van der Waals surface area contributed by atoms with Gasteiger partial charge in [0.1, 0.15) is 6.04 Å². The largest absolute Gasteiger partial charge is 0.500 e. The molecule has 0 aliphatic carbocycles. The van der Waals surface area contributed by atoms with Crippen molar-refractivity contribution in [2.45, 2.75) is 24.9 Å². The van der Waals surface area contributed by atoms with Gasteiger partial charge in [0.25, 0.3) is 5.91 Å². The average Bonchev–Trinajstić information content (AvgIpc) is 2.64.